The van der Waals surface area contributed by atoms with Gasteiger partial charge in [-0.25, -0.2) is 18.4 Å². The summed E-state index contributed by atoms with van der Waals surface area (Å²) in [7, 11) is 0. The molecule has 3 aromatic carbocycles. The zero-order valence-electron chi connectivity index (χ0n) is 20.9. The number of hydrogen-bond acceptors (Lipinski definition) is 5. The molecule has 7 nitrogen and oxygen atoms in total. The van der Waals surface area contributed by atoms with Crippen LogP contribution in [0, 0.1) is 11.6 Å². The molecule has 0 saturated carbocycles. The van der Waals surface area contributed by atoms with Crippen LogP contribution >= 0.6 is 0 Å². The predicted octanol–water partition coefficient (Wildman–Crippen LogP) is 5.27. The van der Waals surface area contributed by atoms with Crippen LogP contribution in [-0.2, 0) is 20.7 Å². The number of ether oxygens (including phenoxy) is 2. The maximum Gasteiger partial charge on any atom is 0.341 e. The Bertz CT molecular complexity index is 1580. The van der Waals surface area contributed by atoms with Crippen LogP contribution < -0.4 is 0 Å². The number of hydrogen-bond donors (Lipinski definition) is 1. The third-order valence-electron chi connectivity index (χ3n) is 6.49. The van der Waals surface area contributed by atoms with Gasteiger partial charge in [0.15, 0.2) is 0 Å². The number of carbonyl (C=O) groups excluding carboxylic acids is 3. The van der Waals surface area contributed by atoms with Gasteiger partial charge in [-0.2, -0.15) is 0 Å². The highest BCUT2D eigenvalue weighted by atomic mass is 19.1. The number of rotatable bonds is 6. The third-order valence-corrected chi connectivity index (χ3v) is 6.49. The van der Waals surface area contributed by atoms with E-state index in [4.69, 9.17) is 9.47 Å². The molecular formula is C30H24F2N2O5. The molecular weight excluding hydrogens is 506 g/mol. The molecule has 0 saturated heterocycles. The first kappa shape index (κ1) is 25.8. The van der Waals surface area contributed by atoms with Gasteiger partial charge in [0.25, 0.3) is 5.91 Å². The molecule has 0 spiro atoms. The molecule has 9 heteroatoms. The Morgan fingerprint density at radius 3 is 2.18 bits per heavy atom. The number of benzene rings is 3. The Kier molecular flexibility index (Phi) is 7.23. The Labute approximate surface area is 222 Å². The molecule has 198 valence electrons. The first-order valence-electron chi connectivity index (χ1n) is 12.4. The van der Waals surface area contributed by atoms with Crippen LogP contribution in [0.3, 0.4) is 0 Å². The fourth-order valence-electron chi connectivity index (χ4n) is 4.59. The van der Waals surface area contributed by atoms with Crippen LogP contribution in [0.15, 0.2) is 79.0 Å². The number of carbonyl (C=O) groups is 3. The number of aromatic nitrogens is 1. The molecule has 4 aromatic rings. The summed E-state index contributed by atoms with van der Waals surface area (Å²) in [5, 5.41) is 0.841. The quantitative estimate of drug-likeness (QED) is 0.343. The van der Waals surface area contributed by atoms with E-state index in [0.717, 1.165) is 28.6 Å². The summed E-state index contributed by atoms with van der Waals surface area (Å²) in [6.45, 7) is 1.57. The molecule has 1 amide bonds. The van der Waals surface area contributed by atoms with E-state index < -0.39 is 35.5 Å². The van der Waals surface area contributed by atoms with Crippen LogP contribution in [0.5, 0.6) is 0 Å². The van der Waals surface area contributed by atoms with E-state index in [1.165, 1.54) is 47.5 Å². The Hall–Kier alpha value is -4.79. The normalized spacial score (nSPS) is 14.8. The molecule has 0 bridgehead atoms. The number of para-hydroxylation sites is 1. The fraction of sp³-hybridized carbons (Fsp3) is 0.167. The van der Waals surface area contributed by atoms with Gasteiger partial charge in [0, 0.05) is 22.7 Å². The second-order valence-corrected chi connectivity index (χ2v) is 8.97. The Balaban J connectivity index is 1.58. The average molecular weight is 531 g/mol. The molecule has 2 heterocycles. The summed E-state index contributed by atoms with van der Waals surface area (Å²) in [6, 6.07) is 16.7. The summed E-state index contributed by atoms with van der Waals surface area (Å²) in [6.07, 6.45) is 1.61. The molecule has 5 rings (SSSR count). The van der Waals surface area contributed by atoms with E-state index in [1.807, 2.05) is 24.3 Å². The number of halogens is 2. The predicted molar refractivity (Wildman–Crippen MR) is 140 cm³/mol. The number of nitrogens with zero attached hydrogens (tertiary/aromatic N) is 1. The van der Waals surface area contributed by atoms with Crippen molar-refractivity contribution >= 4 is 34.3 Å². The van der Waals surface area contributed by atoms with Gasteiger partial charge in [-0.05, 0) is 73.5 Å². The van der Waals surface area contributed by atoms with Crippen LogP contribution in [-0.4, -0.2) is 47.0 Å². The third kappa shape index (κ3) is 5.29. The van der Waals surface area contributed by atoms with Crippen LogP contribution in [0.4, 0.5) is 8.78 Å². The SMILES string of the molecule is CCOC(=O)C1=CN(C(=O)c2ccc(F)cc2)C(COC(=O)c2ccc(F)cc2)Cc2c1[nH]c1ccccc21. The van der Waals surface area contributed by atoms with Crippen LogP contribution in [0.2, 0.25) is 0 Å². The molecule has 1 N–H and O–H groups in total. The van der Waals surface area contributed by atoms with Crippen molar-refractivity contribution in [3.05, 3.63) is 113 Å². The minimum absolute atomic E-state index is 0.121. The fourth-order valence-corrected chi connectivity index (χ4v) is 4.59. The topological polar surface area (TPSA) is 88.7 Å². The zero-order valence-corrected chi connectivity index (χ0v) is 20.9. The number of fused-ring (bicyclic) bond motifs is 3. The summed E-state index contributed by atoms with van der Waals surface area (Å²) >= 11 is 0. The summed E-state index contributed by atoms with van der Waals surface area (Å²) in [5.74, 6) is -2.84. The number of amides is 1. The van der Waals surface area contributed by atoms with E-state index in [9.17, 15) is 23.2 Å². The maximum atomic E-state index is 13.7. The van der Waals surface area contributed by atoms with E-state index in [2.05, 4.69) is 4.98 Å². The molecule has 1 atom stereocenters. The first-order chi connectivity index (χ1) is 18.9. The van der Waals surface area contributed by atoms with Crippen LogP contribution in [0.1, 0.15) is 38.9 Å². The second kappa shape index (κ2) is 10.9. The molecule has 39 heavy (non-hydrogen) atoms. The van der Waals surface area contributed by atoms with Gasteiger partial charge in [0.05, 0.1) is 29.5 Å². The standard InChI is InChI=1S/C30H24F2N2O5/c1-2-38-30(37)25-16-34(28(35)18-7-11-20(31)12-8-18)22(17-39-29(36)19-9-13-21(32)14-10-19)15-24-23-5-3-4-6-26(23)33-27(24)25/h3-14,16,22,33H,2,15,17H2,1H3. The van der Waals surface area contributed by atoms with Gasteiger partial charge in [0.1, 0.15) is 18.2 Å². The maximum absolute atomic E-state index is 13.7. The number of esters is 2. The van der Waals surface area contributed by atoms with Gasteiger partial charge < -0.3 is 19.4 Å². The van der Waals surface area contributed by atoms with Crippen LogP contribution in [0.25, 0.3) is 16.5 Å². The van der Waals surface area contributed by atoms with E-state index in [1.54, 1.807) is 6.92 Å². The molecule has 0 aliphatic carbocycles. The number of H-pyrrole nitrogens is 1. The van der Waals surface area contributed by atoms with E-state index >= 15 is 0 Å². The first-order valence-corrected chi connectivity index (χ1v) is 12.4. The van der Waals surface area contributed by atoms with Crippen molar-refractivity contribution in [2.24, 2.45) is 0 Å². The molecule has 1 aliphatic rings. The van der Waals surface area contributed by atoms with E-state index in [0.29, 0.717) is 5.69 Å². The van der Waals surface area contributed by atoms with Crippen molar-refractivity contribution in [1.82, 2.24) is 9.88 Å². The number of aromatic amines is 1. The van der Waals surface area contributed by atoms with Crippen molar-refractivity contribution in [2.75, 3.05) is 13.2 Å². The molecule has 0 fully saturated rings. The smallest absolute Gasteiger partial charge is 0.341 e. The lowest BCUT2D eigenvalue weighted by molar-refractivity contribution is -0.136. The molecule has 1 aliphatic heterocycles. The zero-order chi connectivity index (χ0) is 27.5. The van der Waals surface area contributed by atoms with Gasteiger partial charge in [0.2, 0.25) is 0 Å². The highest BCUT2D eigenvalue weighted by Gasteiger charge is 2.34. The highest BCUT2D eigenvalue weighted by Crippen LogP contribution is 2.34. The van der Waals surface area contributed by atoms with Crippen molar-refractivity contribution in [1.29, 1.82) is 0 Å². The summed E-state index contributed by atoms with van der Waals surface area (Å²) in [5.41, 5.74) is 2.50. The van der Waals surface area contributed by atoms with Crippen molar-refractivity contribution in [2.45, 2.75) is 19.4 Å². The largest absolute Gasteiger partial charge is 0.462 e. The lowest BCUT2D eigenvalue weighted by Crippen LogP contribution is -2.41. The minimum Gasteiger partial charge on any atom is -0.462 e. The average Bonchev–Trinajstić information content (AvgIpc) is 3.21. The lowest BCUT2D eigenvalue weighted by atomic mass is 10.0. The minimum atomic E-state index is -0.739. The Morgan fingerprint density at radius 2 is 1.51 bits per heavy atom. The Morgan fingerprint density at radius 1 is 0.872 bits per heavy atom. The van der Waals surface area contributed by atoms with E-state index in [-0.39, 0.29) is 36.3 Å². The van der Waals surface area contributed by atoms with Crippen molar-refractivity contribution in [3.8, 4) is 0 Å². The lowest BCUT2D eigenvalue weighted by Gasteiger charge is -2.28. The molecule has 1 aromatic heterocycles. The van der Waals surface area contributed by atoms with Gasteiger partial charge in [-0.3, -0.25) is 4.79 Å². The van der Waals surface area contributed by atoms with Crippen molar-refractivity contribution < 1.29 is 32.6 Å². The van der Waals surface area contributed by atoms with Gasteiger partial charge >= 0.3 is 11.9 Å². The second-order valence-electron chi connectivity index (χ2n) is 8.97. The highest BCUT2D eigenvalue weighted by molar-refractivity contribution is 6.18. The summed E-state index contributed by atoms with van der Waals surface area (Å²) < 4.78 is 37.8. The summed E-state index contributed by atoms with van der Waals surface area (Å²) in [4.78, 5) is 44.2. The van der Waals surface area contributed by atoms with Crippen molar-refractivity contribution in [3.63, 3.8) is 0 Å². The number of nitrogens with one attached hydrogen (secondary N) is 1. The van der Waals surface area contributed by atoms with Gasteiger partial charge in [-0.1, -0.05) is 18.2 Å². The molecule has 0 radical (unpaired) electrons. The van der Waals surface area contributed by atoms with Gasteiger partial charge in [-0.15, -0.1) is 0 Å². The molecule has 1 unspecified atom stereocenters. The monoisotopic (exact) mass is 530 g/mol.